The molecule has 2 aromatic carbocycles. The van der Waals surface area contributed by atoms with Crippen molar-refractivity contribution in [3.63, 3.8) is 0 Å². The van der Waals surface area contributed by atoms with Gasteiger partial charge in [0.2, 0.25) is 5.16 Å². The molecule has 0 fully saturated rings. The molecule has 0 saturated heterocycles. The van der Waals surface area contributed by atoms with Crippen molar-refractivity contribution in [2.75, 3.05) is 5.75 Å². The normalized spacial score (nSPS) is 13.4. The first kappa shape index (κ1) is 17.0. The van der Waals surface area contributed by atoms with Crippen LogP contribution in [-0.2, 0) is 0 Å². The Morgan fingerprint density at radius 2 is 1.75 bits per heavy atom. The standard InChI is InChI=1S/C18H11ClN6O2S/c19-11-7-5-10(6-8-11)14-9-28-18-21-20-17(25(18)22-14)24-16(27)13-4-2-1-3-12(13)15(26)23-24/h1-8H,9H2,(H,23,26). The molecule has 10 heteroatoms. The number of aromatic nitrogens is 5. The second-order valence-electron chi connectivity index (χ2n) is 6.06. The molecule has 0 unspecified atom stereocenters. The summed E-state index contributed by atoms with van der Waals surface area (Å²) in [6, 6.07) is 14.0. The van der Waals surface area contributed by atoms with Gasteiger partial charge in [0.05, 0.1) is 16.5 Å². The lowest BCUT2D eigenvalue weighted by Crippen LogP contribution is -2.30. The number of thioether (sulfide) groups is 1. The molecule has 5 rings (SSSR count). The van der Waals surface area contributed by atoms with Crippen LogP contribution in [0.3, 0.4) is 0 Å². The van der Waals surface area contributed by atoms with Gasteiger partial charge in [-0.05, 0) is 29.8 Å². The molecule has 0 spiro atoms. The lowest BCUT2D eigenvalue weighted by atomic mass is 10.1. The van der Waals surface area contributed by atoms with E-state index in [0.29, 0.717) is 26.7 Å². The molecule has 8 nitrogen and oxygen atoms in total. The molecule has 0 aliphatic carbocycles. The van der Waals surface area contributed by atoms with Gasteiger partial charge in [-0.15, -0.1) is 10.2 Å². The predicted octanol–water partition coefficient (Wildman–Crippen LogP) is 2.28. The van der Waals surface area contributed by atoms with Gasteiger partial charge in [0.15, 0.2) is 0 Å². The first-order valence-electron chi connectivity index (χ1n) is 8.28. The number of halogens is 1. The second kappa shape index (κ2) is 6.47. The molecule has 2 aromatic heterocycles. The summed E-state index contributed by atoms with van der Waals surface area (Å²) in [5, 5.41) is 17.1. The van der Waals surface area contributed by atoms with Gasteiger partial charge in [0, 0.05) is 10.8 Å². The van der Waals surface area contributed by atoms with E-state index in [2.05, 4.69) is 20.4 Å². The fourth-order valence-corrected chi connectivity index (χ4v) is 3.94. The minimum absolute atomic E-state index is 0.126. The lowest BCUT2D eigenvalue weighted by Gasteiger charge is -2.14. The fourth-order valence-electron chi connectivity index (χ4n) is 2.98. The topological polar surface area (TPSA) is 97.9 Å². The van der Waals surface area contributed by atoms with Crippen molar-refractivity contribution in [1.82, 2.24) is 24.7 Å². The molecule has 0 bridgehead atoms. The predicted molar refractivity (Wildman–Crippen MR) is 108 cm³/mol. The molecule has 0 radical (unpaired) electrons. The highest BCUT2D eigenvalue weighted by molar-refractivity contribution is 7.99. The van der Waals surface area contributed by atoms with Crippen LogP contribution < -0.4 is 11.1 Å². The van der Waals surface area contributed by atoms with Crippen molar-refractivity contribution in [3.05, 3.63) is 79.8 Å². The molecule has 28 heavy (non-hydrogen) atoms. The van der Waals surface area contributed by atoms with Crippen molar-refractivity contribution in [2.45, 2.75) is 5.16 Å². The van der Waals surface area contributed by atoms with Crippen LogP contribution in [0.5, 0.6) is 0 Å². The molecular formula is C18H11ClN6O2S. The van der Waals surface area contributed by atoms with Gasteiger partial charge in [-0.2, -0.15) is 14.5 Å². The summed E-state index contributed by atoms with van der Waals surface area (Å²) < 4.78 is 2.54. The number of hydrogen-bond acceptors (Lipinski definition) is 6. The van der Waals surface area contributed by atoms with Gasteiger partial charge in [-0.25, -0.2) is 0 Å². The second-order valence-corrected chi connectivity index (χ2v) is 7.44. The highest BCUT2D eigenvalue weighted by Crippen LogP contribution is 2.25. The first-order chi connectivity index (χ1) is 13.6. The molecule has 1 N–H and O–H groups in total. The van der Waals surface area contributed by atoms with Gasteiger partial charge in [0.1, 0.15) is 0 Å². The lowest BCUT2D eigenvalue weighted by molar-refractivity contribution is 0.670. The van der Waals surface area contributed by atoms with Gasteiger partial charge >= 0.3 is 0 Å². The summed E-state index contributed by atoms with van der Waals surface area (Å²) in [4.78, 5) is 25.3. The Bertz CT molecular complexity index is 1370. The Morgan fingerprint density at radius 1 is 1.00 bits per heavy atom. The zero-order valence-corrected chi connectivity index (χ0v) is 15.7. The number of rotatable bonds is 2. The Balaban J connectivity index is 1.70. The molecular weight excluding hydrogens is 400 g/mol. The van der Waals surface area contributed by atoms with Gasteiger partial charge in [-0.3, -0.25) is 14.7 Å². The van der Waals surface area contributed by atoms with E-state index >= 15 is 0 Å². The third kappa shape index (κ3) is 2.67. The molecule has 0 saturated carbocycles. The Morgan fingerprint density at radius 3 is 2.54 bits per heavy atom. The molecule has 138 valence electrons. The van der Waals surface area contributed by atoms with Crippen molar-refractivity contribution in [2.24, 2.45) is 5.10 Å². The van der Waals surface area contributed by atoms with Gasteiger partial charge < -0.3 is 0 Å². The van der Waals surface area contributed by atoms with Crippen molar-refractivity contribution < 1.29 is 0 Å². The summed E-state index contributed by atoms with van der Waals surface area (Å²) in [6.07, 6.45) is 0. The quantitative estimate of drug-likeness (QED) is 0.546. The third-order valence-corrected chi connectivity index (χ3v) is 5.53. The largest absolute Gasteiger partial charge is 0.280 e. The molecule has 3 heterocycles. The Hall–Kier alpha value is -3.17. The third-order valence-electron chi connectivity index (χ3n) is 4.35. The maximum atomic E-state index is 12.9. The molecule has 4 aromatic rings. The molecule has 1 aliphatic rings. The van der Waals surface area contributed by atoms with Crippen LogP contribution in [-0.4, -0.2) is 36.1 Å². The van der Waals surface area contributed by atoms with Crippen LogP contribution in [0.4, 0.5) is 0 Å². The van der Waals surface area contributed by atoms with Crippen molar-refractivity contribution >= 4 is 39.8 Å². The zero-order valence-electron chi connectivity index (χ0n) is 14.2. The van der Waals surface area contributed by atoms with E-state index in [1.165, 1.54) is 16.4 Å². The minimum Gasteiger partial charge on any atom is -0.267 e. The monoisotopic (exact) mass is 410 g/mol. The van der Waals surface area contributed by atoms with Crippen LogP contribution in [0.15, 0.2) is 68.4 Å². The van der Waals surface area contributed by atoms with E-state index in [9.17, 15) is 9.59 Å². The average Bonchev–Trinajstić information content (AvgIpc) is 3.14. The number of aromatic amines is 1. The van der Waals surface area contributed by atoms with E-state index in [1.54, 1.807) is 36.4 Å². The van der Waals surface area contributed by atoms with Crippen LogP contribution in [0.2, 0.25) is 5.02 Å². The summed E-state index contributed by atoms with van der Waals surface area (Å²) in [5.74, 6) is 0.727. The summed E-state index contributed by atoms with van der Waals surface area (Å²) >= 11 is 7.40. The number of hydrogen-bond donors (Lipinski definition) is 1. The minimum atomic E-state index is -0.399. The zero-order chi connectivity index (χ0) is 19.3. The summed E-state index contributed by atoms with van der Waals surface area (Å²) in [6.45, 7) is 0. The number of H-pyrrole nitrogens is 1. The van der Waals surface area contributed by atoms with E-state index in [0.717, 1.165) is 16.0 Å². The maximum Gasteiger partial charge on any atom is 0.280 e. The van der Waals surface area contributed by atoms with Crippen LogP contribution in [0.25, 0.3) is 16.7 Å². The van der Waals surface area contributed by atoms with Crippen LogP contribution in [0.1, 0.15) is 5.56 Å². The fraction of sp³-hybridized carbons (Fsp3) is 0.0556. The highest BCUT2D eigenvalue weighted by atomic mass is 35.5. The van der Waals surface area contributed by atoms with E-state index < -0.39 is 11.1 Å². The van der Waals surface area contributed by atoms with Crippen molar-refractivity contribution in [1.29, 1.82) is 0 Å². The SMILES string of the molecule is O=c1[nH]n(-c2nnc3n2N=C(c2ccc(Cl)cc2)CS3)c(=O)c2ccccc12. The van der Waals surface area contributed by atoms with Crippen molar-refractivity contribution in [3.8, 4) is 5.95 Å². The van der Waals surface area contributed by atoms with E-state index in [1.807, 2.05) is 12.1 Å². The van der Waals surface area contributed by atoms with Gasteiger partial charge in [-0.1, -0.05) is 47.6 Å². The number of benzene rings is 2. The molecule has 0 atom stereocenters. The maximum absolute atomic E-state index is 12.9. The molecule has 1 aliphatic heterocycles. The first-order valence-corrected chi connectivity index (χ1v) is 9.64. The van der Waals surface area contributed by atoms with Gasteiger partial charge in [0.25, 0.3) is 17.1 Å². The highest BCUT2D eigenvalue weighted by Gasteiger charge is 2.22. The number of fused-ring (bicyclic) bond motifs is 2. The van der Waals surface area contributed by atoms with Crippen LogP contribution in [0, 0.1) is 0 Å². The molecule has 0 amide bonds. The average molecular weight is 411 g/mol. The number of nitrogens with zero attached hydrogens (tertiary/aromatic N) is 5. The Kier molecular flexibility index (Phi) is 3.92. The summed E-state index contributed by atoms with van der Waals surface area (Å²) in [7, 11) is 0. The smallest absolute Gasteiger partial charge is 0.267 e. The van der Waals surface area contributed by atoms with E-state index in [-0.39, 0.29) is 5.95 Å². The number of nitrogens with one attached hydrogen (secondary N) is 1. The van der Waals surface area contributed by atoms with Crippen LogP contribution >= 0.6 is 23.4 Å². The van der Waals surface area contributed by atoms with E-state index in [4.69, 9.17) is 11.6 Å². The Labute approximate surface area is 166 Å². The summed E-state index contributed by atoms with van der Waals surface area (Å²) in [5.41, 5.74) is 0.898.